The van der Waals surface area contributed by atoms with Gasteiger partial charge in [-0.1, -0.05) is 24.3 Å². The molecule has 1 aliphatic heterocycles. The van der Waals surface area contributed by atoms with Crippen molar-refractivity contribution in [2.24, 2.45) is 0 Å². The Labute approximate surface area is 187 Å². The molecular weight excluding hydrogens is 434 g/mol. The van der Waals surface area contributed by atoms with Crippen LogP contribution in [-0.4, -0.2) is 51.8 Å². The van der Waals surface area contributed by atoms with Crippen LogP contribution in [0.1, 0.15) is 28.4 Å². The maximum Gasteiger partial charge on any atom is 0.279 e. The molecule has 166 valence electrons. The number of nitro groups is 2. The van der Waals surface area contributed by atoms with Crippen molar-refractivity contribution in [3.05, 3.63) is 67.3 Å². The van der Waals surface area contributed by atoms with Gasteiger partial charge in [-0.15, -0.1) is 0 Å². The highest BCUT2D eigenvalue weighted by molar-refractivity contribution is 7.22. The lowest BCUT2D eigenvalue weighted by Gasteiger charge is -2.34. The Kier molecular flexibility index (Phi) is 5.74. The van der Waals surface area contributed by atoms with Crippen LogP contribution in [-0.2, 0) is 6.42 Å². The van der Waals surface area contributed by atoms with Crippen LogP contribution >= 0.6 is 11.3 Å². The third-order valence-corrected chi connectivity index (χ3v) is 6.76. The normalized spacial score (nSPS) is 14.1. The molecule has 0 atom stereocenters. The fraction of sp³-hybridized carbons (Fsp3) is 0.333. The Morgan fingerprint density at radius 3 is 2.25 bits per heavy atom. The number of fused-ring (bicyclic) bond motifs is 1. The van der Waals surface area contributed by atoms with Gasteiger partial charge in [0, 0.05) is 38.3 Å². The Morgan fingerprint density at radius 1 is 1.06 bits per heavy atom. The molecular formula is C21H21N5O5S. The molecule has 3 aromatic rings. The molecule has 4 rings (SSSR count). The van der Waals surface area contributed by atoms with Crippen molar-refractivity contribution < 1.29 is 14.6 Å². The van der Waals surface area contributed by atoms with Crippen LogP contribution in [0.4, 0.5) is 16.5 Å². The van der Waals surface area contributed by atoms with Crippen LogP contribution in [0.5, 0.6) is 0 Å². The molecule has 11 heteroatoms. The van der Waals surface area contributed by atoms with E-state index in [9.17, 15) is 25.0 Å². The smallest absolute Gasteiger partial charge is 0.279 e. The average molecular weight is 455 g/mol. The summed E-state index contributed by atoms with van der Waals surface area (Å²) in [4.78, 5) is 42.6. The van der Waals surface area contributed by atoms with Gasteiger partial charge >= 0.3 is 0 Å². The van der Waals surface area contributed by atoms with Crippen molar-refractivity contribution in [2.45, 2.75) is 20.3 Å². The zero-order valence-corrected chi connectivity index (χ0v) is 18.4. The second-order valence-corrected chi connectivity index (χ2v) is 8.59. The number of carbonyl (C=O) groups excluding carboxylic acids is 1. The number of benzene rings is 2. The topological polar surface area (TPSA) is 123 Å². The highest BCUT2D eigenvalue weighted by Gasteiger charge is 2.29. The number of aryl methyl sites for hydroxylation is 1. The standard InChI is InChI=1S/C21H21N5O5S/c1-3-14-4-5-16-19(10-14)32-21(22-16)24-8-6-23(7-9-24)20(27)15-11-17(25(28)29)13(2)18(12-15)26(30)31/h4-5,10-12H,3,6-9H2,1-2H3. The minimum absolute atomic E-state index is 0.0467. The molecule has 0 saturated carbocycles. The second kappa shape index (κ2) is 8.50. The zero-order valence-electron chi connectivity index (χ0n) is 17.6. The fourth-order valence-electron chi connectivity index (χ4n) is 3.78. The van der Waals surface area contributed by atoms with Gasteiger partial charge in [-0.25, -0.2) is 4.98 Å². The van der Waals surface area contributed by atoms with Crippen molar-refractivity contribution >= 4 is 44.0 Å². The minimum atomic E-state index is -0.700. The predicted molar refractivity (Wildman–Crippen MR) is 122 cm³/mol. The van der Waals surface area contributed by atoms with Gasteiger partial charge in [-0.05, 0) is 31.0 Å². The molecule has 1 aliphatic rings. The summed E-state index contributed by atoms with van der Waals surface area (Å²) in [5.41, 5.74) is 1.23. The number of anilines is 1. The summed E-state index contributed by atoms with van der Waals surface area (Å²) in [5, 5.41) is 23.5. The molecule has 0 aliphatic carbocycles. The van der Waals surface area contributed by atoms with Gasteiger partial charge in [0.25, 0.3) is 17.3 Å². The summed E-state index contributed by atoms with van der Waals surface area (Å²) >= 11 is 1.61. The molecule has 1 amide bonds. The minimum Gasteiger partial charge on any atom is -0.345 e. The van der Waals surface area contributed by atoms with Crippen LogP contribution < -0.4 is 4.90 Å². The molecule has 10 nitrogen and oxygen atoms in total. The number of thiazole rings is 1. The summed E-state index contributed by atoms with van der Waals surface area (Å²) in [6.45, 7) is 5.32. The summed E-state index contributed by atoms with van der Waals surface area (Å²) in [5.74, 6) is -0.451. The van der Waals surface area contributed by atoms with Crippen molar-refractivity contribution in [2.75, 3.05) is 31.1 Å². The molecule has 1 fully saturated rings. The number of nitro benzene ring substituents is 2. The summed E-state index contributed by atoms with van der Waals surface area (Å²) < 4.78 is 1.12. The molecule has 2 aromatic carbocycles. The van der Waals surface area contributed by atoms with Crippen molar-refractivity contribution in [1.29, 1.82) is 0 Å². The van der Waals surface area contributed by atoms with Crippen LogP contribution in [0, 0.1) is 27.2 Å². The lowest BCUT2D eigenvalue weighted by Crippen LogP contribution is -2.48. The van der Waals surface area contributed by atoms with E-state index < -0.39 is 27.1 Å². The SMILES string of the molecule is CCc1ccc2nc(N3CCN(C(=O)c4cc([N+](=O)[O-])c(C)c([N+](=O)[O-])c4)CC3)sc2c1. The first-order valence-electron chi connectivity index (χ1n) is 10.2. The summed E-state index contributed by atoms with van der Waals surface area (Å²) in [6.07, 6.45) is 0.958. The number of carbonyl (C=O) groups is 1. The molecule has 0 N–H and O–H groups in total. The van der Waals surface area contributed by atoms with E-state index in [4.69, 9.17) is 4.98 Å². The van der Waals surface area contributed by atoms with Gasteiger partial charge in [0.2, 0.25) is 0 Å². The average Bonchev–Trinajstić information content (AvgIpc) is 3.21. The molecule has 0 unspecified atom stereocenters. The van der Waals surface area contributed by atoms with E-state index in [2.05, 4.69) is 24.0 Å². The van der Waals surface area contributed by atoms with E-state index in [1.54, 1.807) is 16.2 Å². The molecule has 1 aromatic heterocycles. The second-order valence-electron chi connectivity index (χ2n) is 7.59. The van der Waals surface area contributed by atoms with E-state index >= 15 is 0 Å². The van der Waals surface area contributed by atoms with Gasteiger partial charge in [-0.2, -0.15) is 0 Å². The van der Waals surface area contributed by atoms with Gasteiger partial charge in [0.05, 0.1) is 25.6 Å². The van der Waals surface area contributed by atoms with Gasteiger partial charge in [0.15, 0.2) is 5.13 Å². The van der Waals surface area contributed by atoms with Crippen molar-refractivity contribution in [3.63, 3.8) is 0 Å². The first-order chi connectivity index (χ1) is 15.3. The van der Waals surface area contributed by atoms with E-state index in [1.165, 1.54) is 12.5 Å². The van der Waals surface area contributed by atoms with E-state index in [1.807, 2.05) is 6.07 Å². The third kappa shape index (κ3) is 3.98. The molecule has 32 heavy (non-hydrogen) atoms. The molecule has 0 spiro atoms. The fourth-order valence-corrected chi connectivity index (χ4v) is 4.86. The maximum atomic E-state index is 13.0. The van der Waals surface area contributed by atoms with Gasteiger partial charge < -0.3 is 9.80 Å². The van der Waals surface area contributed by atoms with E-state index in [0.717, 1.165) is 33.9 Å². The number of aromatic nitrogens is 1. The van der Waals surface area contributed by atoms with Crippen LogP contribution in [0.25, 0.3) is 10.2 Å². The monoisotopic (exact) mass is 455 g/mol. The summed E-state index contributed by atoms with van der Waals surface area (Å²) in [7, 11) is 0. The quantitative estimate of drug-likeness (QED) is 0.422. The zero-order chi connectivity index (χ0) is 23.0. The summed E-state index contributed by atoms with van der Waals surface area (Å²) in [6, 6.07) is 8.48. The number of rotatable bonds is 5. The predicted octanol–water partition coefficient (Wildman–Crippen LogP) is 3.95. The third-order valence-electron chi connectivity index (χ3n) is 5.68. The Morgan fingerprint density at radius 2 is 1.69 bits per heavy atom. The lowest BCUT2D eigenvalue weighted by molar-refractivity contribution is -0.395. The molecule has 0 bridgehead atoms. The number of hydrogen-bond donors (Lipinski definition) is 0. The maximum absolute atomic E-state index is 13.0. The Bertz CT molecular complexity index is 1200. The van der Waals surface area contributed by atoms with Crippen LogP contribution in [0.15, 0.2) is 30.3 Å². The molecule has 2 heterocycles. The number of piperazine rings is 1. The van der Waals surface area contributed by atoms with Gasteiger partial charge in [-0.3, -0.25) is 25.0 Å². The molecule has 1 saturated heterocycles. The Hall–Kier alpha value is -3.60. The van der Waals surface area contributed by atoms with Crippen LogP contribution in [0.2, 0.25) is 0 Å². The first-order valence-corrected chi connectivity index (χ1v) is 11.0. The lowest BCUT2D eigenvalue weighted by atomic mass is 10.1. The van der Waals surface area contributed by atoms with E-state index in [0.29, 0.717) is 26.2 Å². The number of hydrogen-bond acceptors (Lipinski definition) is 8. The highest BCUT2D eigenvalue weighted by Crippen LogP contribution is 2.32. The number of nitrogens with zero attached hydrogens (tertiary/aromatic N) is 5. The highest BCUT2D eigenvalue weighted by atomic mass is 32.1. The van der Waals surface area contributed by atoms with E-state index in [-0.39, 0.29) is 11.1 Å². The number of amides is 1. The largest absolute Gasteiger partial charge is 0.345 e. The Balaban J connectivity index is 1.51. The van der Waals surface area contributed by atoms with Crippen molar-refractivity contribution in [3.8, 4) is 0 Å². The van der Waals surface area contributed by atoms with Gasteiger partial charge in [0.1, 0.15) is 5.56 Å². The molecule has 0 radical (unpaired) electrons. The van der Waals surface area contributed by atoms with Crippen LogP contribution in [0.3, 0.4) is 0 Å². The van der Waals surface area contributed by atoms with Crippen molar-refractivity contribution in [1.82, 2.24) is 9.88 Å². The first kappa shape index (κ1) is 21.6.